The van der Waals surface area contributed by atoms with Crippen molar-refractivity contribution in [1.29, 1.82) is 0 Å². The number of guanidine groups is 1. The molecule has 1 aromatic carbocycles. The lowest BCUT2D eigenvalue weighted by atomic mass is 10.1. The maximum atomic E-state index is 11.7. The first-order valence-corrected chi connectivity index (χ1v) is 9.20. The molecule has 0 aliphatic carbocycles. The van der Waals surface area contributed by atoms with Crippen molar-refractivity contribution in [3.05, 3.63) is 56.7 Å². The second kappa shape index (κ2) is 11.4. The Balaban J connectivity index is 0.00000338. The van der Waals surface area contributed by atoms with Crippen LogP contribution >= 0.6 is 46.9 Å². The van der Waals surface area contributed by atoms with E-state index in [1.165, 1.54) is 4.88 Å². The van der Waals surface area contributed by atoms with E-state index in [9.17, 15) is 4.79 Å². The quantitative estimate of drug-likeness (QED) is 0.357. The Hall–Kier alpha value is -1.32. The molecule has 0 aliphatic rings. The summed E-state index contributed by atoms with van der Waals surface area (Å²) >= 11 is 7.55. The third kappa shape index (κ3) is 6.77. The summed E-state index contributed by atoms with van der Waals surface area (Å²) in [6.45, 7) is 1.49. The van der Waals surface area contributed by atoms with Crippen molar-refractivity contribution in [3.8, 4) is 0 Å². The molecule has 0 unspecified atom stereocenters. The highest BCUT2D eigenvalue weighted by Gasteiger charge is 2.08. The largest absolute Gasteiger partial charge is 0.356 e. The van der Waals surface area contributed by atoms with Crippen LogP contribution in [0.15, 0.2) is 41.4 Å². The average Bonchev–Trinajstić information content (AvgIpc) is 3.02. The van der Waals surface area contributed by atoms with Gasteiger partial charge in [-0.15, -0.1) is 35.3 Å². The Morgan fingerprint density at radius 2 is 2.08 bits per heavy atom. The van der Waals surface area contributed by atoms with Gasteiger partial charge in [-0.1, -0.05) is 23.7 Å². The van der Waals surface area contributed by atoms with Crippen LogP contribution in [0.2, 0.25) is 4.34 Å². The summed E-state index contributed by atoms with van der Waals surface area (Å²) in [5, 5.41) is 6.00. The third-order valence-electron chi connectivity index (χ3n) is 3.71. The first kappa shape index (κ1) is 22.7. The number of nitrogens with zero attached hydrogens (tertiary/aromatic N) is 2. The minimum absolute atomic E-state index is 0. The fourth-order valence-electron chi connectivity index (χ4n) is 2.46. The van der Waals surface area contributed by atoms with Gasteiger partial charge >= 0.3 is 0 Å². The molecule has 2 aromatic rings. The van der Waals surface area contributed by atoms with Crippen LogP contribution in [-0.4, -0.2) is 44.5 Å². The van der Waals surface area contributed by atoms with Gasteiger partial charge < -0.3 is 15.5 Å². The van der Waals surface area contributed by atoms with Gasteiger partial charge in [0, 0.05) is 38.1 Å². The zero-order valence-corrected chi connectivity index (χ0v) is 19.0. The number of carbonyl (C=O) groups is 1. The minimum atomic E-state index is -0.0695. The number of nitrogens with one attached hydrogen (secondary N) is 2. The lowest BCUT2D eigenvalue weighted by Crippen LogP contribution is -2.39. The molecule has 2 rings (SSSR count). The second-order valence-electron chi connectivity index (χ2n) is 5.57. The first-order chi connectivity index (χ1) is 12.0. The van der Waals surface area contributed by atoms with Crippen LogP contribution in [0, 0.1) is 0 Å². The van der Waals surface area contributed by atoms with Crippen LogP contribution in [0.3, 0.4) is 0 Å². The zero-order chi connectivity index (χ0) is 18.2. The number of amides is 1. The van der Waals surface area contributed by atoms with Gasteiger partial charge in [-0.05, 0) is 36.2 Å². The number of halogens is 2. The molecular weight excluding hydrogens is 483 g/mol. The topological polar surface area (TPSA) is 56.7 Å². The molecule has 8 heteroatoms. The van der Waals surface area contributed by atoms with Crippen molar-refractivity contribution >= 4 is 58.8 Å². The van der Waals surface area contributed by atoms with Gasteiger partial charge in [0.15, 0.2) is 5.96 Å². The molecule has 0 bridgehead atoms. The first-order valence-electron chi connectivity index (χ1n) is 8.00. The Labute approximate surface area is 180 Å². The molecular formula is C18H24ClIN4OS. The summed E-state index contributed by atoms with van der Waals surface area (Å²) in [6.07, 6.45) is 0.808. The van der Waals surface area contributed by atoms with Gasteiger partial charge in [-0.3, -0.25) is 9.79 Å². The van der Waals surface area contributed by atoms with Gasteiger partial charge in [-0.25, -0.2) is 0 Å². The lowest BCUT2D eigenvalue weighted by molar-refractivity contribution is 0.0963. The highest BCUT2D eigenvalue weighted by atomic mass is 127. The summed E-state index contributed by atoms with van der Waals surface area (Å²) < 4.78 is 0.794. The molecule has 2 N–H and O–H groups in total. The number of hydrogen-bond donors (Lipinski definition) is 2. The van der Waals surface area contributed by atoms with Crippen molar-refractivity contribution in [3.63, 3.8) is 0 Å². The summed E-state index contributed by atoms with van der Waals surface area (Å²) in [4.78, 5) is 19.3. The van der Waals surface area contributed by atoms with Crippen molar-refractivity contribution in [2.75, 3.05) is 27.7 Å². The van der Waals surface area contributed by atoms with Crippen LogP contribution < -0.4 is 10.6 Å². The van der Waals surface area contributed by atoms with Gasteiger partial charge in [-0.2, -0.15) is 0 Å². The molecule has 0 fully saturated rings. The van der Waals surface area contributed by atoms with Crippen LogP contribution in [0.1, 0.15) is 20.8 Å². The molecule has 0 aliphatic heterocycles. The molecule has 1 amide bonds. The molecule has 0 saturated carbocycles. The normalized spacial score (nSPS) is 10.8. The van der Waals surface area contributed by atoms with Crippen molar-refractivity contribution < 1.29 is 4.79 Å². The van der Waals surface area contributed by atoms with Crippen molar-refractivity contribution in [2.45, 2.75) is 13.0 Å². The number of benzene rings is 1. The molecule has 26 heavy (non-hydrogen) atoms. The summed E-state index contributed by atoms with van der Waals surface area (Å²) in [5.41, 5.74) is 1.79. The molecule has 1 heterocycles. The number of thiophene rings is 1. The predicted octanol–water partition coefficient (Wildman–Crippen LogP) is 3.63. The van der Waals surface area contributed by atoms with Gasteiger partial charge in [0.2, 0.25) is 0 Å². The summed E-state index contributed by atoms with van der Waals surface area (Å²) in [6, 6.07) is 11.6. The molecule has 142 valence electrons. The molecule has 0 saturated heterocycles. The Kier molecular flexibility index (Phi) is 9.97. The van der Waals surface area contributed by atoms with E-state index in [-0.39, 0.29) is 29.9 Å². The van der Waals surface area contributed by atoms with E-state index < -0.39 is 0 Å². The van der Waals surface area contributed by atoms with Crippen LogP contribution in [0.4, 0.5) is 0 Å². The molecule has 0 atom stereocenters. The SMILES string of the molecule is CN=C(NCCc1cccc(C(=O)NC)c1)N(C)Cc1ccc(Cl)s1.I. The lowest BCUT2D eigenvalue weighted by Gasteiger charge is -2.21. The average molecular weight is 507 g/mol. The monoisotopic (exact) mass is 506 g/mol. The summed E-state index contributed by atoms with van der Waals surface area (Å²) in [5.74, 6) is 0.756. The van der Waals surface area contributed by atoms with E-state index in [0.717, 1.165) is 35.4 Å². The van der Waals surface area contributed by atoms with E-state index in [4.69, 9.17) is 11.6 Å². The number of aliphatic imine (C=N–C) groups is 1. The molecule has 5 nitrogen and oxygen atoms in total. The van der Waals surface area contributed by atoms with E-state index >= 15 is 0 Å². The standard InChI is InChI=1S/C18H23ClN4OS.HI/c1-20-17(24)14-6-4-5-13(11-14)9-10-22-18(21-2)23(3)12-15-7-8-16(19)25-15;/h4-8,11H,9-10,12H2,1-3H3,(H,20,24)(H,21,22);1H. The number of carbonyl (C=O) groups excluding carboxylic acids is 1. The van der Waals surface area contributed by atoms with E-state index in [1.807, 2.05) is 43.4 Å². The minimum Gasteiger partial charge on any atom is -0.356 e. The molecule has 1 aromatic heterocycles. The third-order valence-corrected chi connectivity index (χ3v) is 4.92. The smallest absolute Gasteiger partial charge is 0.251 e. The maximum Gasteiger partial charge on any atom is 0.251 e. The Morgan fingerprint density at radius 3 is 2.69 bits per heavy atom. The van der Waals surface area contributed by atoms with E-state index in [0.29, 0.717) is 5.56 Å². The van der Waals surface area contributed by atoms with Gasteiger partial charge in [0.05, 0.1) is 10.9 Å². The predicted molar refractivity (Wildman–Crippen MR) is 121 cm³/mol. The summed E-state index contributed by atoms with van der Waals surface area (Å²) in [7, 11) is 5.40. The number of rotatable bonds is 6. The molecule has 0 spiro atoms. The van der Waals surface area contributed by atoms with Crippen molar-refractivity contribution in [2.24, 2.45) is 4.99 Å². The zero-order valence-electron chi connectivity index (χ0n) is 15.1. The highest BCUT2D eigenvalue weighted by molar-refractivity contribution is 14.0. The van der Waals surface area contributed by atoms with Gasteiger partial charge in [0.25, 0.3) is 5.91 Å². The van der Waals surface area contributed by atoms with E-state index in [1.54, 1.807) is 25.4 Å². The molecule has 0 radical (unpaired) electrons. The second-order valence-corrected chi connectivity index (χ2v) is 7.37. The maximum absolute atomic E-state index is 11.7. The fourth-order valence-corrected chi connectivity index (χ4v) is 3.60. The van der Waals surface area contributed by atoms with Crippen LogP contribution in [0.5, 0.6) is 0 Å². The fraction of sp³-hybridized carbons (Fsp3) is 0.333. The Bertz CT molecular complexity index is 750. The van der Waals surface area contributed by atoms with Crippen LogP contribution in [0.25, 0.3) is 0 Å². The Morgan fingerprint density at radius 1 is 1.31 bits per heavy atom. The van der Waals surface area contributed by atoms with E-state index in [2.05, 4.69) is 20.5 Å². The van der Waals surface area contributed by atoms with Crippen LogP contribution in [-0.2, 0) is 13.0 Å². The van der Waals surface area contributed by atoms with Gasteiger partial charge in [0.1, 0.15) is 0 Å². The number of hydrogen-bond acceptors (Lipinski definition) is 3. The highest BCUT2D eigenvalue weighted by Crippen LogP contribution is 2.22. The van der Waals surface area contributed by atoms with Crippen molar-refractivity contribution in [1.82, 2.24) is 15.5 Å².